The molecule has 13 heteroatoms. The number of nitrogens with one attached hydrogen (secondary N) is 1. The number of amides is 1. The van der Waals surface area contributed by atoms with Gasteiger partial charge in [0.05, 0.1) is 17.8 Å². The molecule has 2 heterocycles. The van der Waals surface area contributed by atoms with Crippen molar-refractivity contribution in [3.05, 3.63) is 35.0 Å². The molecule has 9 nitrogen and oxygen atoms in total. The molecule has 1 fully saturated rings. The number of carbonyl (C=O) groups excluding carboxylic acids is 1. The molecule has 0 saturated heterocycles. The Labute approximate surface area is 226 Å². The van der Waals surface area contributed by atoms with Crippen LogP contribution in [-0.4, -0.2) is 60.2 Å². The monoisotopic (exact) mass is 569 g/mol. The molecule has 39 heavy (non-hydrogen) atoms. The van der Waals surface area contributed by atoms with Crippen molar-refractivity contribution in [3.63, 3.8) is 0 Å². The zero-order valence-electron chi connectivity index (χ0n) is 22.7. The van der Waals surface area contributed by atoms with E-state index in [1.807, 2.05) is 6.07 Å². The van der Waals surface area contributed by atoms with Gasteiger partial charge in [-0.1, -0.05) is 20.8 Å². The number of imidazole rings is 1. The van der Waals surface area contributed by atoms with E-state index in [1.54, 1.807) is 6.92 Å². The molecule has 1 N–H and O–H groups in total. The number of hydrogen-bond acceptors (Lipinski definition) is 7. The predicted octanol–water partition coefficient (Wildman–Crippen LogP) is 4.17. The van der Waals surface area contributed by atoms with Gasteiger partial charge in [0, 0.05) is 25.4 Å². The summed E-state index contributed by atoms with van der Waals surface area (Å²) in [6.45, 7) is 4.32. The summed E-state index contributed by atoms with van der Waals surface area (Å²) in [5.41, 5.74) is -1.85. The molecule has 1 aliphatic rings. The maximum atomic E-state index is 13.4. The van der Waals surface area contributed by atoms with Gasteiger partial charge >= 0.3 is 6.18 Å². The third kappa shape index (κ3) is 6.72. The summed E-state index contributed by atoms with van der Waals surface area (Å²) in [7, 11) is -1.74. The van der Waals surface area contributed by atoms with Gasteiger partial charge in [-0.3, -0.25) is 9.36 Å². The molecule has 0 atom stereocenters. The first-order valence-electron chi connectivity index (χ1n) is 12.7. The van der Waals surface area contributed by atoms with Crippen LogP contribution in [0.15, 0.2) is 12.3 Å². The quantitative estimate of drug-likeness (QED) is 0.480. The van der Waals surface area contributed by atoms with E-state index in [9.17, 15) is 31.6 Å². The van der Waals surface area contributed by atoms with Gasteiger partial charge in [0.25, 0.3) is 5.91 Å². The van der Waals surface area contributed by atoms with Crippen LogP contribution in [-0.2, 0) is 22.7 Å². The maximum Gasteiger partial charge on any atom is 0.394 e. The Balaban J connectivity index is 1.85. The highest BCUT2D eigenvalue weighted by Gasteiger charge is 2.47. The lowest BCUT2D eigenvalue weighted by Gasteiger charge is -2.27. The number of hydrogen-bond donors (Lipinski definition) is 1. The van der Waals surface area contributed by atoms with Gasteiger partial charge in [0.2, 0.25) is 0 Å². The summed E-state index contributed by atoms with van der Waals surface area (Å²) < 4.78 is 70.6. The third-order valence-electron chi connectivity index (χ3n) is 7.27. The van der Waals surface area contributed by atoms with Crippen molar-refractivity contribution in [2.75, 3.05) is 19.9 Å². The van der Waals surface area contributed by atoms with Crippen molar-refractivity contribution < 1.29 is 31.1 Å². The van der Waals surface area contributed by atoms with Crippen LogP contribution in [0.2, 0.25) is 0 Å². The van der Waals surface area contributed by atoms with Crippen molar-refractivity contribution >= 4 is 15.7 Å². The lowest BCUT2D eigenvalue weighted by atomic mass is 9.85. The number of carbonyl (C=O) groups is 1. The van der Waals surface area contributed by atoms with Crippen molar-refractivity contribution in [3.8, 4) is 17.6 Å². The molecule has 1 aliphatic carbocycles. The summed E-state index contributed by atoms with van der Waals surface area (Å²) in [6, 6.07) is 3.46. The predicted molar refractivity (Wildman–Crippen MR) is 138 cm³/mol. The maximum absolute atomic E-state index is 13.4. The minimum Gasteiger partial charge on any atom is -0.493 e. The molecule has 2 aromatic heterocycles. The lowest BCUT2D eigenvalue weighted by Crippen LogP contribution is -2.34. The summed E-state index contributed by atoms with van der Waals surface area (Å²) in [5.74, 6) is 0.210. The van der Waals surface area contributed by atoms with Gasteiger partial charge in [0.15, 0.2) is 23.0 Å². The van der Waals surface area contributed by atoms with Crippen LogP contribution in [0.1, 0.15) is 74.0 Å². The fourth-order valence-corrected chi connectivity index (χ4v) is 5.91. The SMILES string of the molecule is CCc1nc(C(=O)NCC2CCC(S(C)(=O)=O)CC2)c(C#N)n1-c1ncc(CC(C)(C)C(F)(F)F)cc1OC. The molecule has 2 aromatic rings. The second-order valence-electron chi connectivity index (χ2n) is 10.6. The van der Waals surface area contributed by atoms with Gasteiger partial charge < -0.3 is 10.1 Å². The molecule has 0 spiro atoms. The molecule has 0 bridgehead atoms. The Bertz CT molecular complexity index is 1350. The number of nitrogens with zero attached hydrogens (tertiary/aromatic N) is 4. The van der Waals surface area contributed by atoms with E-state index in [2.05, 4.69) is 15.3 Å². The number of ether oxygens (including phenoxy) is 1. The number of halogens is 3. The first-order chi connectivity index (χ1) is 18.1. The fraction of sp³-hybridized carbons (Fsp3) is 0.615. The van der Waals surface area contributed by atoms with E-state index >= 15 is 0 Å². The third-order valence-corrected chi connectivity index (χ3v) is 8.95. The van der Waals surface area contributed by atoms with Gasteiger partial charge in [-0.15, -0.1) is 0 Å². The number of aromatic nitrogens is 3. The summed E-state index contributed by atoms with van der Waals surface area (Å²) >= 11 is 0. The standard InChI is InChI=1S/C26H34F3N5O4S/c1-6-21-33-22(24(35)32-14-16-7-9-18(10-8-16)39(5,36)37)19(13-30)34(21)23-20(38-4)11-17(15-31-23)12-25(2,3)26(27,28)29/h11,15-16,18H,6-10,12,14H2,1-5H3,(H,32,35). The average molecular weight is 570 g/mol. The van der Waals surface area contributed by atoms with E-state index in [0.29, 0.717) is 50.0 Å². The van der Waals surface area contributed by atoms with E-state index in [-0.39, 0.29) is 40.5 Å². The molecule has 0 aliphatic heterocycles. The number of pyridine rings is 1. The highest BCUT2D eigenvalue weighted by atomic mass is 32.2. The number of methoxy groups -OCH3 is 1. The zero-order valence-corrected chi connectivity index (χ0v) is 23.5. The summed E-state index contributed by atoms with van der Waals surface area (Å²) in [4.78, 5) is 21.8. The highest BCUT2D eigenvalue weighted by Crippen LogP contribution is 2.41. The van der Waals surface area contributed by atoms with Crippen LogP contribution in [0.3, 0.4) is 0 Å². The normalized spacial score (nSPS) is 18.4. The van der Waals surface area contributed by atoms with Crippen LogP contribution in [0.5, 0.6) is 5.75 Å². The Morgan fingerprint density at radius 1 is 1.26 bits per heavy atom. The number of sulfone groups is 1. The Hall–Kier alpha value is -3.14. The smallest absolute Gasteiger partial charge is 0.394 e. The Morgan fingerprint density at radius 2 is 1.90 bits per heavy atom. The van der Waals surface area contributed by atoms with Crippen LogP contribution in [0.4, 0.5) is 13.2 Å². The number of alkyl halides is 3. The summed E-state index contributed by atoms with van der Waals surface area (Å²) in [5, 5.41) is 12.4. The van der Waals surface area contributed by atoms with Gasteiger partial charge in [-0.2, -0.15) is 18.4 Å². The van der Waals surface area contributed by atoms with E-state index in [1.165, 1.54) is 30.2 Å². The van der Waals surface area contributed by atoms with Gasteiger partial charge in [-0.05, 0) is 49.7 Å². The van der Waals surface area contributed by atoms with E-state index < -0.39 is 27.3 Å². The van der Waals surface area contributed by atoms with Gasteiger partial charge in [-0.25, -0.2) is 18.4 Å². The lowest BCUT2D eigenvalue weighted by molar-refractivity contribution is -0.211. The Morgan fingerprint density at radius 3 is 2.41 bits per heavy atom. The molecule has 1 saturated carbocycles. The Kier molecular flexibility index (Phi) is 8.99. The van der Waals surface area contributed by atoms with Crippen molar-refractivity contribution in [1.82, 2.24) is 19.9 Å². The number of aryl methyl sites for hydroxylation is 1. The first-order valence-corrected chi connectivity index (χ1v) is 14.7. The molecule has 3 rings (SSSR count). The topological polar surface area (TPSA) is 127 Å². The molecule has 0 unspecified atom stereocenters. The van der Waals surface area contributed by atoms with Gasteiger partial charge in [0.1, 0.15) is 21.7 Å². The largest absolute Gasteiger partial charge is 0.493 e. The second-order valence-corrected chi connectivity index (χ2v) is 13.0. The van der Waals surface area contributed by atoms with Crippen molar-refractivity contribution in [2.24, 2.45) is 11.3 Å². The number of rotatable bonds is 9. The van der Waals surface area contributed by atoms with Crippen molar-refractivity contribution in [1.29, 1.82) is 5.26 Å². The summed E-state index contributed by atoms with van der Waals surface area (Å²) in [6.07, 6.45) is 0.553. The minimum absolute atomic E-state index is 0.0701. The molecular weight excluding hydrogens is 535 g/mol. The second kappa shape index (κ2) is 11.5. The highest BCUT2D eigenvalue weighted by molar-refractivity contribution is 7.91. The molecule has 0 aromatic carbocycles. The average Bonchev–Trinajstić information content (AvgIpc) is 3.24. The van der Waals surface area contributed by atoms with Crippen LogP contribution >= 0.6 is 0 Å². The first kappa shape index (κ1) is 30.4. The minimum atomic E-state index is -4.41. The van der Waals surface area contributed by atoms with E-state index in [0.717, 1.165) is 13.8 Å². The molecular formula is C26H34F3N5O4S. The van der Waals surface area contributed by atoms with Crippen LogP contribution in [0.25, 0.3) is 5.82 Å². The molecule has 1 amide bonds. The van der Waals surface area contributed by atoms with E-state index in [4.69, 9.17) is 4.74 Å². The van der Waals surface area contributed by atoms with Crippen LogP contribution in [0, 0.1) is 22.7 Å². The zero-order chi connectivity index (χ0) is 29.2. The van der Waals surface area contributed by atoms with Crippen LogP contribution < -0.4 is 10.1 Å². The van der Waals surface area contributed by atoms with Crippen molar-refractivity contribution in [2.45, 2.75) is 70.7 Å². The fourth-order valence-electron chi connectivity index (χ4n) is 4.78. The number of nitriles is 1. The molecule has 0 radical (unpaired) electrons. The molecule has 214 valence electrons.